The zero-order valence-corrected chi connectivity index (χ0v) is 35.3. The fourth-order valence-electron chi connectivity index (χ4n) is 8.40. The predicted octanol–water partition coefficient (Wildman–Crippen LogP) is 3.64. The second kappa shape index (κ2) is 22.0. The molecule has 0 aromatic heterocycles. The summed E-state index contributed by atoms with van der Waals surface area (Å²) in [5, 5.41) is 16.9. The SMILES string of the molecule is CC[C@H](C)[C@@H](C(CC(=O)N1CCC[C@H]1[C@H](OC)[C@@H](C)C(=O)N[C@H](C)[C@@H](O)c1ccccc1)OC)N(C)C(=O)[C@@H](NC(=O)[C@H](C(C)C)N1CCOCC1)C(C)C. The summed E-state index contributed by atoms with van der Waals surface area (Å²) in [5.41, 5.74) is 0.711. The second-order valence-electron chi connectivity index (χ2n) is 16.3. The van der Waals surface area contributed by atoms with Gasteiger partial charge >= 0.3 is 0 Å². The molecule has 2 aliphatic heterocycles. The zero-order chi connectivity index (χ0) is 41.0. The fraction of sp³-hybridized carbons (Fsp3) is 0.762. The minimum Gasteiger partial charge on any atom is -0.386 e. The predicted molar refractivity (Wildman–Crippen MR) is 213 cm³/mol. The third kappa shape index (κ3) is 12.0. The molecule has 1 unspecified atom stereocenters. The third-order valence-electron chi connectivity index (χ3n) is 11.8. The minimum absolute atomic E-state index is 0.0231. The molecule has 1 aromatic carbocycles. The summed E-state index contributed by atoms with van der Waals surface area (Å²) in [4.78, 5) is 61.6. The molecule has 13 nitrogen and oxygen atoms in total. The van der Waals surface area contributed by atoms with E-state index in [1.165, 1.54) is 0 Å². The zero-order valence-electron chi connectivity index (χ0n) is 35.3. The molecule has 4 amide bonds. The lowest BCUT2D eigenvalue weighted by molar-refractivity contribution is -0.148. The fourth-order valence-corrected chi connectivity index (χ4v) is 8.40. The number of aliphatic hydroxyl groups excluding tert-OH is 1. The number of hydrogen-bond donors (Lipinski definition) is 3. The van der Waals surface area contributed by atoms with Gasteiger partial charge in [-0.3, -0.25) is 24.1 Å². The molecule has 0 saturated carbocycles. The van der Waals surface area contributed by atoms with E-state index in [2.05, 4.69) is 22.5 Å². The largest absolute Gasteiger partial charge is 0.386 e. The first kappa shape index (κ1) is 46.3. The van der Waals surface area contributed by atoms with E-state index in [1.54, 1.807) is 44.9 Å². The summed E-state index contributed by atoms with van der Waals surface area (Å²) in [6, 6.07) is 6.70. The van der Waals surface area contributed by atoms with Crippen LogP contribution in [0.2, 0.25) is 0 Å². The smallest absolute Gasteiger partial charge is 0.245 e. The molecule has 10 atom stereocenters. The lowest BCUT2D eigenvalue weighted by Gasteiger charge is -2.41. The Labute approximate surface area is 330 Å². The van der Waals surface area contributed by atoms with E-state index in [-0.39, 0.29) is 59.9 Å². The van der Waals surface area contributed by atoms with Crippen LogP contribution in [0.1, 0.15) is 92.7 Å². The van der Waals surface area contributed by atoms with Crippen LogP contribution in [0.3, 0.4) is 0 Å². The van der Waals surface area contributed by atoms with Gasteiger partial charge in [0, 0.05) is 40.9 Å². The van der Waals surface area contributed by atoms with E-state index in [0.717, 1.165) is 12.8 Å². The number of amides is 4. The highest BCUT2D eigenvalue weighted by atomic mass is 16.5. The molecule has 312 valence electrons. The first-order valence-electron chi connectivity index (χ1n) is 20.4. The van der Waals surface area contributed by atoms with Gasteiger partial charge in [0.15, 0.2) is 0 Å². The van der Waals surface area contributed by atoms with Gasteiger partial charge in [0.05, 0.1) is 68.0 Å². The molecule has 2 saturated heterocycles. The normalized spacial score (nSPS) is 21.6. The summed E-state index contributed by atoms with van der Waals surface area (Å²) in [6.07, 6.45) is 0.121. The molecule has 0 aliphatic carbocycles. The number of benzene rings is 1. The van der Waals surface area contributed by atoms with E-state index in [1.807, 2.05) is 65.0 Å². The lowest BCUT2D eigenvalue weighted by Crippen LogP contribution is -2.61. The van der Waals surface area contributed by atoms with Gasteiger partial charge < -0.3 is 39.8 Å². The molecular formula is C42H71N5O8. The Bertz CT molecular complexity index is 1360. The monoisotopic (exact) mass is 774 g/mol. The van der Waals surface area contributed by atoms with Crippen LogP contribution >= 0.6 is 0 Å². The first-order chi connectivity index (χ1) is 26.1. The van der Waals surface area contributed by atoms with Crippen LogP contribution in [0, 0.1) is 23.7 Å². The van der Waals surface area contributed by atoms with E-state index >= 15 is 0 Å². The topological polar surface area (TPSA) is 150 Å². The Hall–Kier alpha value is -3.10. The van der Waals surface area contributed by atoms with Crippen LogP contribution in [0.15, 0.2) is 30.3 Å². The molecule has 13 heteroatoms. The van der Waals surface area contributed by atoms with Crippen LogP contribution < -0.4 is 10.6 Å². The lowest BCUT2D eigenvalue weighted by atomic mass is 9.89. The van der Waals surface area contributed by atoms with Crippen molar-refractivity contribution in [2.45, 2.75) is 130 Å². The maximum Gasteiger partial charge on any atom is 0.245 e. The number of likely N-dealkylation sites (tertiary alicyclic amines) is 1. The molecule has 1 aromatic rings. The van der Waals surface area contributed by atoms with Crippen molar-refractivity contribution >= 4 is 23.6 Å². The molecule has 55 heavy (non-hydrogen) atoms. The Balaban J connectivity index is 1.76. The van der Waals surface area contributed by atoms with E-state index in [4.69, 9.17) is 14.2 Å². The number of carbonyl (C=O) groups is 4. The average Bonchev–Trinajstić information content (AvgIpc) is 3.66. The number of morpholine rings is 1. The first-order valence-corrected chi connectivity index (χ1v) is 20.4. The van der Waals surface area contributed by atoms with Gasteiger partial charge in [-0.15, -0.1) is 0 Å². The number of hydrogen-bond acceptors (Lipinski definition) is 9. The summed E-state index contributed by atoms with van der Waals surface area (Å²) < 4.78 is 17.5. The third-order valence-corrected chi connectivity index (χ3v) is 11.8. The van der Waals surface area contributed by atoms with Crippen molar-refractivity contribution < 1.29 is 38.5 Å². The summed E-state index contributed by atoms with van der Waals surface area (Å²) >= 11 is 0. The highest BCUT2D eigenvalue weighted by Crippen LogP contribution is 2.30. The van der Waals surface area contributed by atoms with Gasteiger partial charge in [-0.05, 0) is 43.1 Å². The average molecular weight is 774 g/mol. The van der Waals surface area contributed by atoms with Crippen LogP contribution in [-0.4, -0.2) is 140 Å². The van der Waals surface area contributed by atoms with Gasteiger partial charge in [-0.2, -0.15) is 0 Å². The number of aliphatic hydroxyl groups is 1. The molecule has 3 rings (SSSR count). The Morgan fingerprint density at radius 2 is 1.55 bits per heavy atom. The maximum atomic E-state index is 14.4. The number of nitrogens with one attached hydrogen (secondary N) is 2. The van der Waals surface area contributed by atoms with Crippen molar-refractivity contribution in [2.24, 2.45) is 23.7 Å². The summed E-state index contributed by atoms with van der Waals surface area (Å²) in [6.45, 7) is 18.5. The molecule has 2 fully saturated rings. The van der Waals surface area contributed by atoms with Crippen LogP contribution in [-0.2, 0) is 33.4 Å². The van der Waals surface area contributed by atoms with E-state index < -0.39 is 42.4 Å². The molecule has 0 radical (unpaired) electrons. The number of rotatable bonds is 20. The van der Waals surface area contributed by atoms with Crippen molar-refractivity contribution in [3.05, 3.63) is 35.9 Å². The summed E-state index contributed by atoms with van der Waals surface area (Å²) in [7, 11) is 4.87. The standard InChI is InChI=1S/C42H71N5O8/c1-12-28(6)37(45(9)42(52)35(26(2)3)44-41(51)36(27(4)5)46-21-23-55-24-22-46)33(53-10)25-34(48)47-20-16-19-32(47)39(54-11)29(7)40(50)43-30(8)38(49)31-17-14-13-15-18-31/h13-15,17-18,26-30,32-33,35-39,49H,12,16,19-25H2,1-11H3,(H,43,50)(H,44,51)/t28-,29+,30+,32-,33?,35-,36-,37-,38+,39+/m0/s1. The van der Waals surface area contributed by atoms with E-state index in [9.17, 15) is 24.3 Å². The molecule has 0 spiro atoms. The Morgan fingerprint density at radius 3 is 2.09 bits per heavy atom. The number of ether oxygens (including phenoxy) is 3. The van der Waals surface area contributed by atoms with Crippen LogP contribution in [0.25, 0.3) is 0 Å². The van der Waals surface area contributed by atoms with Gasteiger partial charge in [0.25, 0.3) is 0 Å². The van der Waals surface area contributed by atoms with Crippen molar-refractivity contribution in [3.8, 4) is 0 Å². The molecule has 3 N–H and O–H groups in total. The van der Waals surface area contributed by atoms with Crippen LogP contribution in [0.5, 0.6) is 0 Å². The number of likely N-dealkylation sites (N-methyl/N-ethyl adjacent to an activating group) is 1. The van der Waals surface area contributed by atoms with Crippen molar-refractivity contribution in [2.75, 3.05) is 54.1 Å². The molecule has 0 bridgehead atoms. The molecular weight excluding hydrogens is 702 g/mol. The highest BCUT2D eigenvalue weighted by molar-refractivity contribution is 5.90. The van der Waals surface area contributed by atoms with Crippen LogP contribution in [0.4, 0.5) is 0 Å². The van der Waals surface area contributed by atoms with Gasteiger partial charge in [0.2, 0.25) is 23.6 Å². The minimum atomic E-state index is -0.878. The van der Waals surface area contributed by atoms with Gasteiger partial charge in [-0.1, -0.05) is 85.2 Å². The quantitative estimate of drug-likeness (QED) is 0.181. The number of methoxy groups -OCH3 is 2. The Morgan fingerprint density at radius 1 is 0.909 bits per heavy atom. The van der Waals surface area contributed by atoms with E-state index in [0.29, 0.717) is 44.8 Å². The van der Waals surface area contributed by atoms with Crippen molar-refractivity contribution in [1.29, 1.82) is 0 Å². The Kier molecular flexibility index (Phi) is 18.5. The number of carbonyl (C=O) groups excluding carboxylic acids is 4. The van der Waals surface area contributed by atoms with Crippen molar-refractivity contribution in [3.63, 3.8) is 0 Å². The van der Waals surface area contributed by atoms with Gasteiger partial charge in [-0.25, -0.2) is 0 Å². The van der Waals surface area contributed by atoms with Crippen molar-refractivity contribution in [1.82, 2.24) is 25.3 Å². The highest BCUT2D eigenvalue weighted by Gasteiger charge is 2.43. The maximum absolute atomic E-state index is 14.4. The second-order valence-corrected chi connectivity index (χ2v) is 16.3. The molecule has 2 heterocycles. The molecule has 2 aliphatic rings. The summed E-state index contributed by atoms with van der Waals surface area (Å²) in [5.74, 6) is -1.57. The number of nitrogens with zero attached hydrogens (tertiary/aromatic N) is 3. The van der Waals surface area contributed by atoms with Gasteiger partial charge in [0.1, 0.15) is 6.04 Å².